The van der Waals surface area contributed by atoms with Crippen molar-refractivity contribution in [2.75, 3.05) is 32.7 Å². The number of hydrogen-bond acceptors (Lipinski definition) is 2. The Balaban J connectivity index is 0.00000112. The van der Waals surface area contributed by atoms with E-state index in [1.807, 2.05) is 0 Å². The van der Waals surface area contributed by atoms with Crippen LogP contribution >= 0.6 is 24.8 Å². The van der Waals surface area contributed by atoms with Crippen molar-refractivity contribution in [2.45, 2.75) is 25.7 Å². The molecule has 0 aliphatic carbocycles. The summed E-state index contributed by atoms with van der Waals surface area (Å²) >= 11 is 0. The highest BCUT2D eigenvalue weighted by Gasteiger charge is 2.34. The molecule has 2 fully saturated rings. The molecule has 1 spiro atoms. The highest BCUT2D eigenvalue weighted by atomic mass is 35.5. The molecule has 0 aromatic heterocycles. The Labute approximate surface area is 111 Å². The van der Waals surface area contributed by atoms with E-state index in [1.54, 1.807) is 0 Å². The second kappa shape index (κ2) is 7.40. The van der Waals surface area contributed by atoms with E-state index >= 15 is 0 Å². The molecule has 1 N–H and O–H groups in total. The molecule has 0 atom stereocenters. The Morgan fingerprint density at radius 3 is 2.12 bits per heavy atom. The number of rotatable bonds is 1. The van der Waals surface area contributed by atoms with E-state index < -0.39 is 0 Å². The van der Waals surface area contributed by atoms with Gasteiger partial charge in [-0.25, -0.2) is 0 Å². The summed E-state index contributed by atoms with van der Waals surface area (Å²) in [7, 11) is 0. The highest BCUT2D eigenvalue weighted by molar-refractivity contribution is 5.85. The number of nitrogens with zero attached hydrogens (tertiary/aromatic N) is 1. The van der Waals surface area contributed by atoms with Crippen LogP contribution in [-0.4, -0.2) is 37.6 Å². The van der Waals surface area contributed by atoms with Crippen molar-refractivity contribution in [3.05, 3.63) is 0 Å². The van der Waals surface area contributed by atoms with Gasteiger partial charge in [0.1, 0.15) is 0 Å². The summed E-state index contributed by atoms with van der Waals surface area (Å²) in [5.41, 5.74) is 0.663. The van der Waals surface area contributed by atoms with Crippen molar-refractivity contribution in [1.29, 1.82) is 0 Å². The van der Waals surface area contributed by atoms with Gasteiger partial charge in [0.15, 0.2) is 0 Å². The van der Waals surface area contributed by atoms with E-state index in [0.717, 1.165) is 6.54 Å². The summed E-state index contributed by atoms with van der Waals surface area (Å²) in [4.78, 5) is 2.41. The molecule has 0 aromatic carbocycles. The summed E-state index contributed by atoms with van der Waals surface area (Å²) in [6, 6.07) is 0. The Hall–Kier alpha value is 0.0600. The molecular weight excluding hydrogens is 243 g/mol. The molecule has 0 amide bonds. The van der Waals surface area contributed by atoms with Crippen molar-refractivity contribution in [3.63, 3.8) is 0 Å². The maximum atomic E-state index is 5.33. The third kappa shape index (κ3) is 3.82. The van der Waals surface area contributed by atoms with Gasteiger partial charge in [0, 0.05) is 0 Å². The number of piperidine rings is 2. The first-order valence-corrected chi connectivity index (χ1v) is 5.71. The van der Waals surface area contributed by atoms with Gasteiger partial charge in [0.05, 0.1) is 6.54 Å². The first-order chi connectivity index (χ1) is 6.85. The fourth-order valence-electron chi connectivity index (χ4n) is 2.77. The van der Waals surface area contributed by atoms with Gasteiger partial charge in [-0.05, 0) is 57.3 Å². The summed E-state index contributed by atoms with van der Waals surface area (Å²) in [5.74, 6) is 2.74. The standard InChI is InChI=1S/C12H20N2.2ClH/c1-2-9-14-10-5-12(6-11-14)3-7-13-8-4-12;;/h1,13H,3-11H2;2*1H. The number of terminal acetylenes is 1. The molecule has 2 aliphatic heterocycles. The van der Waals surface area contributed by atoms with Crippen molar-refractivity contribution >= 4 is 24.8 Å². The molecule has 0 aromatic rings. The lowest BCUT2D eigenvalue weighted by molar-refractivity contribution is 0.0812. The largest absolute Gasteiger partial charge is 0.317 e. The van der Waals surface area contributed by atoms with Crippen LogP contribution in [0.3, 0.4) is 0 Å². The van der Waals surface area contributed by atoms with Crippen LogP contribution in [0.1, 0.15) is 25.7 Å². The van der Waals surface area contributed by atoms with Crippen LogP contribution in [0.2, 0.25) is 0 Å². The molecule has 2 nitrogen and oxygen atoms in total. The third-order valence-electron chi connectivity index (χ3n) is 3.90. The minimum Gasteiger partial charge on any atom is -0.317 e. The van der Waals surface area contributed by atoms with Gasteiger partial charge < -0.3 is 5.32 Å². The van der Waals surface area contributed by atoms with Gasteiger partial charge in [-0.15, -0.1) is 31.2 Å². The zero-order chi connectivity index (χ0) is 9.86. The molecule has 0 unspecified atom stereocenters. The van der Waals surface area contributed by atoms with Gasteiger partial charge in [-0.1, -0.05) is 5.92 Å². The molecule has 2 saturated heterocycles. The van der Waals surface area contributed by atoms with Crippen molar-refractivity contribution < 1.29 is 0 Å². The SMILES string of the molecule is C#CCN1CCC2(CCNCC2)CC1.Cl.Cl. The minimum atomic E-state index is 0. The van der Waals surface area contributed by atoms with Crippen LogP contribution in [-0.2, 0) is 0 Å². The van der Waals surface area contributed by atoms with E-state index in [2.05, 4.69) is 16.1 Å². The molecular formula is C12H22Cl2N2. The Morgan fingerprint density at radius 2 is 1.62 bits per heavy atom. The monoisotopic (exact) mass is 264 g/mol. The first-order valence-electron chi connectivity index (χ1n) is 5.71. The zero-order valence-corrected chi connectivity index (χ0v) is 11.3. The van der Waals surface area contributed by atoms with E-state index in [0.29, 0.717) is 5.41 Å². The minimum absolute atomic E-state index is 0. The maximum Gasteiger partial charge on any atom is 0.0598 e. The molecule has 4 heteroatoms. The normalized spacial score (nSPS) is 23.9. The number of likely N-dealkylation sites (tertiary alicyclic amines) is 1. The molecule has 2 rings (SSSR count). The number of halogens is 2. The van der Waals surface area contributed by atoms with Crippen LogP contribution in [0.15, 0.2) is 0 Å². The van der Waals surface area contributed by atoms with Crippen LogP contribution < -0.4 is 5.32 Å². The second-order valence-corrected chi connectivity index (χ2v) is 4.73. The number of nitrogens with one attached hydrogen (secondary N) is 1. The molecule has 16 heavy (non-hydrogen) atoms. The Kier molecular flexibility index (Phi) is 7.43. The van der Waals surface area contributed by atoms with Gasteiger partial charge >= 0.3 is 0 Å². The van der Waals surface area contributed by atoms with Gasteiger partial charge in [0.25, 0.3) is 0 Å². The summed E-state index contributed by atoms with van der Waals surface area (Å²) in [6.07, 6.45) is 10.8. The van der Waals surface area contributed by atoms with Crippen LogP contribution in [0.5, 0.6) is 0 Å². The van der Waals surface area contributed by atoms with Crippen molar-refractivity contribution in [3.8, 4) is 12.3 Å². The van der Waals surface area contributed by atoms with Gasteiger partial charge in [-0.3, -0.25) is 4.90 Å². The summed E-state index contributed by atoms with van der Waals surface area (Å²) < 4.78 is 0. The number of hydrogen-bond donors (Lipinski definition) is 1. The second-order valence-electron chi connectivity index (χ2n) is 4.73. The average molecular weight is 265 g/mol. The van der Waals surface area contributed by atoms with Gasteiger partial charge in [0.2, 0.25) is 0 Å². The fourth-order valence-corrected chi connectivity index (χ4v) is 2.77. The molecule has 2 aliphatic rings. The summed E-state index contributed by atoms with van der Waals surface area (Å²) in [6.45, 7) is 5.70. The van der Waals surface area contributed by atoms with Crippen molar-refractivity contribution in [1.82, 2.24) is 10.2 Å². The molecule has 0 radical (unpaired) electrons. The molecule has 0 saturated carbocycles. The molecule has 94 valence electrons. The predicted octanol–water partition coefficient (Wildman–Crippen LogP) is 1.93. The first kappa shape index (κ1) is 16.1. The van der Waals surface area contributed by atoms with Crippen LogP contribution in [0, 0.1) is 17.8 Å². The van der Waals surface area contributed by atoms with E-state index in [4.69, 9.17) is 6.42 Å². The van der Waals surface area contributed by atoms with E-state index in [-0.39, 0.29) is 24.8 Å². The van der Waals surface area contributed by atoms with Crippen LogP contribution in [0.4, 0.5) is 0 Å². The fraction of sp³-hybridized carbons (Fsp3) is 0.833. The lowest BCUT2D eigenvalue weighted by Gasteiger charge is -2.44. The molecule has 2 heterocycles. The lowest BCUT2D eigenvalue weighted by Crippen LogP contribution is -2.45. The predicted molar refractivity (Wildman–Crippen MR) is 73.5 cm³/mol. The van der Waals surface area contributed by atoms with Gasteiger partial charge in [-0.2, -0.15) is 0 Å². The Morgan fingerprint density at radius 1 is 1.06 bits per heavy atom. The molecule has 0 bridgehead atoms. The Bertz CT molecular complexity index is 222. The maximum absolute atomic E-state index is 5.33. The average Bonchev–Trinajstić information content (AvgIpc) is 2.24. The highest BCUT2D eigenvalue weighted by Crippen LogP contribution is 2.39. The van der Waals surface area contributed by atoms with E-state index in [1.165, 1.54) is 51.9 Å². The lowest BCUT2D eigenvalue weighted by atomic mass is 9.71. The summed E-state index contributed by atoms with van der Waals surface area (Å²) in [5, 5.41) is 3.45. The third-order valence-corrected chi connectivity index (χ3v) is 3.90. The smallest absolute Gasteiger partial charge is 0.0598 e. The topological polar surface area (TPSA) is 15.3 Å². The van der Waals surface area contributed by atoms with Crippen molar-refractivity contribution in [2.24, 2.45) is 5.41 Å². The quantitative estimate of drug-likeness (QED) is 0.729. The van der Waals surface area contributed by atoms with Crippen LogP contribution in [0.25, 0.3) is 0 Å². The zero-order valence-electron chi connectivity index (χ0n) is 9.71. The van der Waals surface area contributed by atoms with E-state index in [9.17, 15) is 0 Å².